The minimum Gasteiger partial charge on any atom is -0.493 e. The standard InChI is InChI=1S/C23H29N3O2/c1-16(2)28-22-13-18(9-10-21(22)27-3)23-19-15-26(12-11-20(19)24-25-23)14-17-7-5-4-6-8-17/h4-10,13,16,19,23,25H,11-12,14-15H2,1-3H3. The number of methoxy groups -OCH3 is 1. The van der Waals surface area contributed by atoms with Gasteiger partial charge >= 0.3 is 0 Å². The van der Waals surface area contributed by atoms with E-state index in [0.717, 1.165) is 37.6 Å². The summed E-state index contributed by atoms with van der Waals surface area (Å²) in [5.74, 6) is 1.95. The van der Waals surface area contributed by atoms with Crippen LogP contribution in [0.25, 0.3) is 0 Å². The van der Waals surface area contributed by atoms with Gasteiger partial charge in [0.1, 0.15) is 0 Å². The van der Waals surface area contributed by atoms with Crippen LogP contribution in [0.3, 0.4) is 0 Å². The number of hydrogen-bond acceptors (Lipinski definition) is 5. The number of piperidine rings is 1. The molecular formula is C23H29N3O2. The van der Waals surface area contributed by atoms with Crippen LogP contribution < -0.4 is 14.9 Å². The van der Waals surface area contributed by atoms with Crippen LogP contribution in [0.4, 0.5) is 0 Å². The maximum atomic E-state index is 5.97. The molecule has 1 fully saturated rings. The molecule has 4 rings (SSSR count). The number of hydrazone groups is 1. The Morgan fingerprint density at radius 2 is 1.96 bits per heavy atom. The van der Waals surface area contributed by atoms with Gasteiger partial charge in [0, 0.05) is 37.7 Å². The summed E-state index contributed by atoms with van der Waals surface area (Å²) in [6.07, 6.45) is 1.12. The molecule has 0 bridgehead atoms. The van der Waals surface area contributed by atoms with Crippen LogP contribution in [0, 0.1) is 5.92 Å². The van der Waals surface area contributed by atoms with E-state index in [2.05, 4.69) is 57.9 Å². The molecule has 5 nitrogen and oxygen atoms in total. The molecule has 2 unspecified atom stereocenters. The lowest BCUT2D eigenvalue weighted by Gasteiger charge is -2.33. The molecule has 2 aromatic rings. The fourth-order valence-corrected chi connectivity index (χ4v) is 4.14. The van der Waals surface area contributed by atoms with Gasteiger partial charge in [0.25, 0.3) is 0 Å². The van der Waals surface area contributed by atoms with Crippen molar-refractivity contribution >= 4 is 5.71 Å². The summed E-state index contributed by atoms with van der Waals surface area (Å²) >= 11 is 0. The molecule has 0 aliphatic carbocycles. The Morgan fingerprint density at radius 3 is 2.71 bits per heavy atom. The highest BCUT2D eigenvalue weighted by Crippen LogP contribution is 2.37. The van der Waals surface area contributed by atoms with Gasteiger partial charge in [-0.2, -0.15) is 5.10 Å². The summed E-state index contributed by atoms with van der Waals surface area (Å²) in [6.45, 7) is 7.12. The number of hydrogen-bond donors (Lipinski definition) is 1. The van der Waals surface area contributed by atoms with Crippen LogP contribution >= 0.6 is 0 Å². The van der Waals surface area contributed by atoms with Gasteiger partial charge < -0.3 is 14.9 Å². The quantitative estimate of drug-likeness (QED) is 0.824. The summed E-state index contributed by atoms with van der Waals surface area (Å²) in [5, 5.41) is 4.66. The van der Waals surface area contributed by atoms with E-state index < -0.39 is 0 Å². The van der Waals surface area contributed by atoms with Gasteiger partial charge in [-0.25, -0.2) is 0 Å². The maximum absolute atomic E-state index is 5.97. The molecule has 0 radical (unpaired) electrons. The first-order chi connectivity index (χ1) is 13.6. The third kappa shape index (κ3) is 3.99. The second-order valence-corrected chi connectivity index (χ2v) is 7.86. The lowest BCUT2D eigenvalue weighted by atomic mass is 9.86. The molecule has 2 aromatic carbocycles. The topological polar surface area (TPSA) is 46.1 Å². The molecule has 5 heteroatoms. The molecule has 0 aromatic heterocycles. The van der Waals surface area contributed by atoms with E-state index in [1.807, 2.05) is 19.9 Å². The van der Waals surface area contributed by atoms with Crippen molar-refractivity contribution in [3.8, 4) is 11.5 Å². The Kier molecular flexibility index (Phi) is 5.53. The lowest BCUT2D eigenvalue weighted by Crippen LogP contribution is -2.41. The van der Waals surface area contributed by atoms with Gasteiger partial charge in [-0.15, -0.1) is 0 Å². The highest BCUT2D eigenvalue weighted by atomic mass is 16.5. The summed E-state index contributed by atoms with van der Waals surface area (Å²) in [5.41, 5.74) is 7.23. The molecule has 2 aliphatic heterocycles. The molecule has 0 amide bonds. The van der Waals surface area contributed by atoms with Crippen molar-refractivity contribution in [2.24, 2.45) is 11.0 Å². The molecular weight excluding hydrogens is 350 g/mol. The SMILES string of the molecule is COc1ccc(C2NN=C3CCN(Cc4ccccc4)CC32)cc1OC(C)C. The smallest absolute Gasteiger partial charge is 0.161 e. The molecule has 1 saturated heterocycles. The number of rotatable bonds is 6. The highest BCUT2D eigenvalue weighted by Gasteiger charge is 2.37. The van der Waals surface area contributed by atoms with Gasteiger partial charge in [-0.1, -0.05) is 36.4 Å². The Hall–Kier alpha value is -2.53. The van der Waals surface area contributed by atoms with Gasteiger partial charge in [0.05, 0.1) is 19.3 Å². The predicted octanol–water partition coefficient (Wildman–Crippen LogP) is 4.00. The molecule has 0 saturated carbocycles. The maximum Gasteiger partial charge on any atom is 0.161 e. The summed E-state index contributed by atoms with van der Waals surface area (Å²) in [6, 6.07) is 17.1. The van der Waals surface area contributed by atoms with Gasteiger partial charge in [-0.05, 0) is 37.1 Å². The first-order valence-corrected chi connectivity index (χ1v) is 10.1. The minimum absolute atomic E-state index is 0.101. The van der Waals surface area contributed by atoms with Gasteiger partial charge in [0.2, 0.25) is 0 Å². The molecule has 0 spiro atoms. The zero-order valence-corrected chi connectivity index (χ0v) is 16.9. The van der Waals surface area contributed by atoms with E-state index >= 15 is 0 Å². The first-order valence-electron chi connectivity index (χ1n) is 10.1. The number of ether oxygens (including phenoxy) is 2. The number of fused-ring (bicyclic) bond motifs is 1. The van der Waals surface area contributed by atoms with Crippen molar-refractivity contribution in [2.45, 2.75) is 39.0 Å². The average molecular weight is 380 g/mol. The van der Waals surface area contributed by atoms with Crippen molar-refractivity contribution in [2.75, 3.05) is 20.2 Å². The molecule has 148 valence electrons. The molecule has 2 atom stereocenters. The fourth-order valence-electron chi connectivity index (χ4n) is 4.14. The largest absolute Gasteiger partial charge is 0.493 e. The molecule has 1 N–H and O–H groups in total. The third-order valence-electron chi connectivity index (χ3n) is 5.48. The van der Waals surface area contributed by atoms with Gasteiger partial charge in [-0.3, -0.25) is 4.90 Å². The van der Waals surface area contributed by atoms with Crippen molar-refractivity contribution in [1.82, 2.24) is 10.3 Å². The summed E-state index contributed by atoms with van der Waals surface area (Å²) in [4.78, 5) is 2.54. The van der Waals surface area contributed by atoms with Crippen LogP contribution in [-0.4, -0.2) is 36.9 Å². The zero-order valence-electron chi connectivity index (χ0n) is 16.9. The van der Waals surface area contributed by atoms with Crippen molar-refractivity contribution in [1.29, 1.82) is 0 Å². The van der Waals surface area contributed by atoms with Crippen molar-refractivity contribution in [3.63, 3.8) is 0 Å². The van der Waals surface area contributed by atoms with E-state index in [0.29, 0.717) is 5.92 Å². The van der Waals surface area contributed by atoms with Gasteiger partial charge in [0.15, 0.2) is 11.5 Å². The average Bonchev–Trinajstić information content (AvgIpc) is 3.11. The monoisotopic (exact) mass is 379 g/mol. The van der Waals surface area contributed by atoms with Crippen molar-refractivity contribution < 1.29 is 9.47 Å². The Balaban J connectivity index is 1.51. The Labute approximate surface area is 167 Å². The predicted molar refractivity (Wildman–Crippen MR) is 112 cm³/mol. The van der Waals surface area contributed by atoms with E-state index in [1.165, 1.54) is 16.8 Å². The normalized spacial score (nSPS) is 21.8. The zero-order chi connectivity index (χ0) is 19.5. The van der Waals surface area contributed by atoms with Crippen LogP contribution in [0.1, 0.15) is 37.4 Å². The second-order valence-electron chi connectivity index (χ2n) is 7.86. The Morgan fingerprint density at radius 1 is 1.14 bits per heavy atom. The number of benzene rings is 2. The first kappa shape index (κ1) is 18.8. The molecule has 2 aliphatic rings. The number of nitrogens with one attached hydrogen (secondary N) is 1. The van der Waals surface area contributed by atoms with E-state index in [1.54, 1.807) is 7.11 Å². The van der Waals surface area contributed by atoms with Crippen LogP contribution in [0.2, 0.25) is 0 Å². The van der Waals surface area contributed by atoms with Crippen LogP contribution in [-0.2, 0) is 6.54 Å². The lowest BCUT2D eigenvalue weighted by molar-refractivity contribution is 0.218. The Bertz CT molecular complexity index is 835. The fraction of sp³-hybridized carbons (Fsp3) is 0.435. The van der Waals surface area contributed by atoms with E-state index in [9.17, 15) is 0 Å². The number of likely N-dealkylation sites (tertiary alicyclic amines) is 1. The molecule has 28 heavy (non-hydrogen) atoms. The summed E-state index contributed by atoms with van der Waals surface area (Å²) < 4.78 is 11.4. The number of nitrogens with zero attached hydrogens (tertiary/aromatic N) is 2. The van der Waals surface area contributed by atoms with E-state index in [4.69, 9.17) is 9.47 Å². The summed E-state index contributed by atoms with van der Waals surface area (Å²) in [7, 11) is 1.68. The van der Waals surface area contributed by atoms with Crippen LogP contribution in [0.5, 0.6) is 11.5 Å². The highest BCUT2D eigenvalue weighted by molar-refractivity contribution is 5.90. The second kappa shape index (κ2) is 8.23. The molecule has 2 heterocycles. The van der Waals surface area contributed by atoms with E-state index in [-0.39, 0.29) is 12.1 Å². The van der Waals surface area contributed by atoms with Crippen molar-refractivity contribution in [3.05, 3.63) is 59.7 Å². The third-order valence-corrected chi connectivity index (χ3v) is 5.48. The minimum atomic E-state index is 0.101. The van der Waals surface area contributed by atoms with Crippen LogP contribution in [0.15, 0.2) is 53.6 Å².